The van der Waals surface area contributed by atoms with Gasteiger partial charge >= 0.3 is 6.18 Å². The van der Waals surface area contributed by atoms with Gasteiger partial charge in [0.1, 0.15) is 0 Å². The van der Waals surface area contributed by atoms with Crippen LogP contribution in [0, 0.1) is 0 Å². The fourth-order valence-electron chi connectivity index (χ4n) is 2.26. The van der Waals surface area contributed by atoms with E-state index in [1.807, 2.05) is 13.0 Å². The third kappa shape index (κ3) is 2.25. The third-order valence-corrected chi connectivity index (χ3v) is 3.59. The highest BCUT2D eigenvalue weighted by Gasteiger charge is 2.55. The van der Waals surface area contributed by atoms with Gasteiger partial charge in [0.15, 0.2) is 11.5 Å². The lowest BCUT2D eigenvalue weighted by Gasteiger charge is -2.36. The summed E-state index contributed by atoms with van der Waals surface area (Å²) in [6.07, 6.45) is -1.32. The van der Waals surface area contributed by atoms with Gasteiger partial charge in [-0.25, -0.2) is 0 Å². The molecule has 1 aliphatic heterocycles. The Morgan fingerprint density at radius 1 is 1.25 bits per heavy atom. The Kier molecular flexibility index (Phi) is 3.71. The van der Waals surface area contributed by atoms with E-state index in [1.165, 1.54) is 20.1 Å². The minimum absolute atomic E-state index is 0.159. The van der Waals surface area contributed by atoms with Crippen molar-refractivity contribution in [3.8, 4) is 11.5 Å². The number of alkyl halides is 3. The summed E-state index contributed by atoms with van der Waals surface area (Å²) >= 11 is 0. The van der Waals surface area contributed by atoms with E-state index in [1.54, 1.807) is 6.07 Å². The number of rotatable bonds is 3. The van der Waals surface area contributed by atoms with Crippen LogP contribution in [0.1, 0.15) is 31.4 Å². The number of halogens is 3. The Hall–Kier alpha value is -1.65. The summed E-state index contributed by atoms with van der Waals surface area (Å²) in [6, 6.07) is 3.54. The van der Waals surface area contributed by atoms with Gasteiger partial charge in [0.2, 0.25) is 5.60 Å². The molecule has 1 aliphatic rings. The van der Waals surface area contributed by atoms with Crippen LogP contribution >= 0.6 is 0 Å². The number of fused-ring (bicyclic) bond motifs is 1. The second kappa shape index (κ2) is 5.04. The van der Waals surface area contributed by atoms with E-state index in [4.69, 9.17) is 9.47 Å². The lowest BCUT2D eigenvalue weighted by atomic mass is 9.93. The molecule has 1 aromatic rings. The molecule has 2 nitrogen and oxygen atoms in total. The van der Waals surface area contributed by atoms with Gasteiger partial charge in [0.25, 0.3) is 0 Å². The smallest absolute Gasteiger partial charge is 0.432 e. The monoisotopic (exact) mass is 286 g/mol. The molecule has 0 amide bonds. The molecule has 0 saturated carbocycles. The fraction of sp³-hybridized carbons (Fsp3) is 0.467. The predicted molar refractivity (Wildman–Crippen MR) is 71.1 cm³/mol. The third-order valence-electron chi connectivity index (χ3n) is 3.59. The molecule has 5 heteroatoms. The molecule has 0 N–H and O–H groups in total. The molecule has 1 unspecified atom stereocenters. The zero-order chi connectivity index (χ0) is 15.0. The summed E-state index contributed by atoms with van der Waals surface area (Å²) in [6.45, 7) is 3.43. The maximum absolute atomic E-state index is 13.3. The molecular weight excluding hydrogens is 269 g/mol. The SMILES string of the molecule is CCc1cc2c(c(OC)c1)OC(CC)(C(F)(F)F)C=C2. The zero-order valence-corrected chi connectivity index (χ0v) is 11.7. The molecule has 1 aromatic carbocycles. The van der Waals surface area contributed by atoms with Crippen LogP contribution in [-0.2, 0) is 6.42 Å². The summed E-state index contributed by atoms with van der Waals surface area (Å²) < 4.78 is 50.3. The Bertz CT molecular complexity index is 535. The van der Waals surface area contributed by atoms with E-state index in [0.717, 1.165) is 18.1 Å². The van der Waals surface area contributed by atoms with E-state index in [9.17, 15) is 13.2 Å². The van der Waals surface area contributed by atoms with Crippen molar-refractivity contribution in [3.63, 3.8) is 0 Å². The van der Waals surface area contributed by atoms with Crippen LogP contribution < -0.4 is 9.47 Å². The summed E-state index contributed by atoms with van der Waals surface area (Å²) in [5.74, 6) is 0.497. The fourth-order valence-corrected chi connectivity index (χ4v) is 2.26. The highest BCUT2D eigenvalue weighted by atomic mass is 19.4. The van der Waals surface area contributed by atoms with Crippen molar-refractivity contribution in [1.29, 1.82) is 0 Å². The van der Waals surface area contributed by atoms with Crippen molar-refractivity contribution in [2.24, 2.45) is 0 Å². The maximum atomic E-state index is 13.3. The number of hydrogen-bond donors (Lipinski definition) is 0. The van der Waals surface area contributed by atoms with Crippen molar-refractivity contribution in [3.05, 3.63) is 29.3 Å². The summed E-state index contributed by atoms with van der Waals surface area (Å²) in [5, 5.41) is 0. The van der Waals surface area contributed by atoms with Crippen LogP contribution in [0.15, 0.2) is 18.2 Å². The second-order valence-electron chi connectivity index (χ2n) is 4.75. The first-order valence-electron chi connectivity index (χ1n) is 6.52. The number of methoxy groups -OCH3 is 1. The molecule has 0 aromatic heterocycles. The molecule has 0 aliphatic carbocycles. The zero-order valence-electron chi connectivity index (χ0n) is 11.7. The molecule has 0 saturated heterocycles. The van der Waals surface area contributed by atoms with Crippen molar-refractivity contribution in [2.75, 3.05) is 7.11 Å². The Labute approximate surface area is 116 Å². The number of aryl methyl sites for hydroxylation is 1. The van der Waals surface area contributed by atoms with Crippen molar-refractivity contribution >= 4 is 6.08 Å². The molecule has 1 atom stereocenters. The number of benzene rings is 1. The van der Waals surface area contributed by atoms with Gasteiger partial charge in [-0.05, 0) is 36.6 Å². The second-order valence-corrected chi connectivity index (χ2v) is 4.75. The number of hydrogen-bond acceptors (Lipinski definition) is 2. The lowest BCUT2D eigenvalue weighted by molar-refractivity contribution is -0.230. The first-order chi connectivity index (χ1) is 9.36. The van der Waals surface area contributed by atoms with Crippen molar-refractivity contribution in [1.82, 2.24) is 0 Å². The molecular formula is C15H17F3O2. The summed E-state index contributed by atoms with van der Waals surface area (Å²) in [7, 11) is 1.43. The number of ether oxygens (including phenoxy) is 2. The highest BCUT2D eigenvalue weighted by Crippen LogP contribution is 2.46. The first-order valence-corrected chi connectivity index (χ1v) is 6.52. The molecule has 0 radical (unpaired) electrons. The van der Waals surface area contributed by atoms with Crippen LogP contribution in [0.3, 0.4) is 0 Å². The summed E-state index contributed by atoms with van der Waals surface area (Å²) in [5.41, 5.74) is -0.666. The maximum Gasteiger partial charge on any atom is 0.432 e. The average molecular weight is 286 g/mol. The van der Waals surface area contributed by atoms with E-state index < -0.39 is 11.8 Å². The van der Waals surface area contributed by atoms with Crippen LogP contribution in [0.2, 0.25) is 0 Å². The van der Waals surface area contributed by atoms with Gasteiger partial charge in [-0.1, -0.05) is 19.9 Å². The summed E-state index contributed by atoms with van der Waals surface area (Å²) in [4.78, 5) is 0. The van der Waals surface area contributed by atoms with Gasteiger partial charge in [-0.2, -0.15) is 13.2 Å². The Morgan fingerprint density at radius 2 is 1.95 bits per heavy atom. The highest BCUT2D eigenvalue weighted by molar-refractivity contribution is 5.67. The Balaban J connectivity index is 2.55. The predicted octanol–water partition coefficient (Wildman–Crippen LogP) is 4.37. The standard InChI is InChI=1S/C15H17F3O2/c1-4-10-8-11-6-7-14(5-2,15(16,17)18)20-13(11)12(9-10)19-3/h6-9H,4-5H2,1-3H3. The van der Waals surface area contributed by atoms with Gasteiger partial charge < -0.3 is 9.47 Å². The van der Waals surface area contributed by atoms with Gasteiger partial charge in [0, 0.05) is 5.56 Å². The topological polar surface area (TPSA) is 18.5 Å². The molecule has 1 heterocycles. The largest absolute Gasteiger partial charge is 0.493 e. The van der Waals surface area contributed by atoms with Crippen LogP contribution in [0.5, 0.6) is 11.5 Å². The molecule has 0 fully saturated rings. The van der Waals surface area contributed by atoms with Crippen molar-refractivity contribution < 1.29 is 22.6 Å². The molecule has 0 bridgehead atoms. The quantitative estimate of drug-likeness (QED) is 0.821. The van der Waals surface area contributed by atoms with E-state index in [-0.39, 0.29) is 12.2 Å². The lowest BCUT2D eigenvalue weighted by Crippen LogP contribution is -2.49. The van der Waals surface area contributed by atoms with E-state index in [2.05, 4.69) is 0 Å². The first kappa shape index (κ1) is 14.8. The average Bonchev–Trinajstić information content (AvgIpc) is 2.44. The van der Waals surface area contributed by atoms with Crippen LogP contribution in [-0.4, -0.2) is 18.9 Å². The Morgan fingerprint density at radius 3 is 2.45 bits per heavy atom. The van der Waals surface area contributed by atoms with Crippen LogP contribution in [0.4, 0.5) is 13.2 Å². The van der Waals surface area contributed by atoms with Crippen molar-refractivity contribution in [2.45, 2.75) is 38.5 Å². The minimum Gasteiger partial charge on any atom is -0.493 e. The van der Waals surface area contributed by atoms with Gasteiger partial charge in [-0.3, -0.25) is 0 Å². The van der Waals surface area contributed by atoms with Gasteiger partial charge in [0.05, 0.1) is 7.11 Å². The van der Waals surface area contributed by atoms with Gasteiger partial charge in [-0.15, -0.1) is 0 Å². The molecule has 110 valence electrons. The van der Waals surface area contributed by atoms with E-state index >= 15 is 0 Å². The minimum atomic E-state index is -4.47. The molecule has 0 spiro atoms. The molecule has 2 rings (SSSR count). The van der Waals surface area contributed by atoms with E-state index in [0.29, 0.717) is 11.3 Å². The normalized spacial score (nSPS) is 21.3. The molecule has 20 heavy (non-hydrogen) atoms. The van der Waals surface area contributed by atoms with Crippen LogP contribution in [0.25, 0.3) is 6.08 Å².